The molecular weight excluding hydrogens is 486 g/mol. The summed E-state index contributed by atoms with van der Waals surface area (Å²) in [5.74, 6) is -4.57. The van der Waals surface area contributed by atoms with Gasteiger partial charge in [-0.3, -0.25) is 24.0 Å². The summed E-state index contributed by atoms with van der Waals surface area (Å²) in [5, 5.41) is 24.7. The molecule has 0 unspecified atom stereocenters. The number of carbonyl (C=O) groups excluding carboxylic acids is 4. The third kappa shape index (κ3) is 21.4. The van der Waals surface area contributed by atoms with Crippen LogP contribution in [0.25, 0.3) is 0 Å². The van der Waals surface area contributed by atoms with Gasteiger partial charge in [-0.1, -0.05) is 0 Å². The molecule has 3 amide bonds. The number of hydrogen-bond donors (Lipinski definition) is 5. The minimum Gasteiger partial charge on any atom is -0.481 e. The third-order valence-electron chi connectivity index (χ3n) is 4.02. The van der Waals surface area contributed by atoms with Crippen molar-refractivity contribution in [2.45, 2.75) is 32.2 Å². The maximum atomic E-state index is 11.8. The zero-order valence-corrected chi connectivity index (χ0v) is 20.2. The van der Waals surface area contributed by atoms with E-state index in [1.165, 1.54) is 6.92 Å². The molecule has 0 aliphatic carbocycles. The Hall–Kier alpha value is -3.14. The highest BCUT2D eigenvalue weighted by atomic mass is 16.5. The molecular formula is C21H35N3O12. The van der Waals surface area contributed by atoms with Crippen molar-refractivity contribution in [3.63, 3.8) is 0 Å². The van der Waals surface area contributed by atoms with Gasteiger partial charge >= 0.3 is 11.9 Å². The van der Waals surface area contributed by atoms with Gasteiger partial charge in [0.1, 0.15) is 25.7 Å². The fraction of sp³-hybridized carbons (Fsp3) is 0.714. The number of Topliss-reactive ketones (excluding diaryl/α,β-unsaturated/α-hetero) is 1. The Morgan fingerprint density at radius 1 is 0.694 bits per heavy atom. The summed E-state index contributed by atoms with van der Waals surface area (Å²) in [6.07, 6.45) is -1.26. The molecule has 0 rings (SSSR count). The van der Waals surface area contributed by atoms with Gasteiger partial charge < -0.3 is 45.1 Å². The largest absolute Gasteiger partial charge is 0.481 e. The summed E-state index contributed by atoms with van der Waals surface area (Å²) in [6.45, 7) is 3.16. The van der Waals surface area contributed by atoms with E-state index >= 15 is 0 Å². The molecule has 0 fully saturated rings. The average Bonchev–Trinajstić information content (AvgIpc) is 2.79. The third-order valence-corrected chi connectivity index (χ3v) is 4.02. The van der Waals surface area contributed by atoms with Crippen LogP contribution < -0.4 is 16.0 Å². The van der Waals surface area contributed by atoms with Crippen LogP contribution in [0.15, 0.2) is 0 Å². The molecule has 0 saturated carbocycles. The molecule has 1 atom stereocenters. The Balaban J connectivity index is 3.64. The van der Waals surface area contributed by atoms with Crippen molar-refractivity contribution in [1.29, 1.82) is 0 Å². The van der Waals surface area contributed by atoms with E-state index in [0.29, 0.717) is 26.4 Å². The van der Waals surface area contributed by atoms with Gasteiger partial charge in [0, 0.05) is 19.5 Å². The number of carbonyl (C=O) groups is 6. The molecule has 0 aliphatic rings. The predicted octanol–water partition coefficient (Wildman–Crippen LogP) is -2.30. The van der Waals surface area contributed by atoms with E-state index in [4.69, 9.17) is 29.2 Å². The van der Waals surface area contributed by atoms with Crippen molar-refractivity contribution in [2.24, 2.45) is 0 Å². The van der Waals surface area contributed by atoms with Crippen molar-refractivity contribution in [2.75, 3.05) is 65.9 Å². The number of ketones is 1. The van der Waals surface area contributed by atoms with Crippen LogP contribution in [0.3, 0.4) is 0 Å². The smallest absolute Gasteiger partial charge is 0.326 e. The van der Waals surface area contributed by atoms with Gasteiger partial charge in [0.25, 0.3) is 0 Å². The highest BCUT2D eigenvalue weighted by molar-refractivity contribution is 5.95. The second-order valence-corrected chi connectivity index (χ2v) is 7.30. The first kappa shape index (κ1) is 32.9. The summed E-state index contributed by atoms with van der Waals surface area (Å²) in [7, 11) is 0. The van der Waals surface area contributed by atoms with E-state index in [1.807, 2.05) is 5.32 Å². The molecule has 206 valence electrons. The zero-order chi connectivity index (χ0) is 27.2. The van der Waals surface area contributed by atoms with Crippen molar-refractivity contribution in [3.8, 4) is 0 Å². The zero-order valence-electron chi connectivity index (χ0n) is 20.2. The Kier molecular flexibility index (Phi) is 19.3. The lowest BCUT2D eigenvalue weighted by Crippen LogP contribution is -2.42. The van der Waals surface area contributed by atoms with Crippen LogP contribution in [0.4, 0.5) is 0 Å². The Bertz CT molecular complexity index is 716. The molecule has 15 heteroatoms. The van der Waals surface area contributed by atoms with E-state index < -0.39 is 36.2 Å². The van der Waals surface area contributed by atoms with Crippen LogP contribution in [0.2, 0.25) is 0 Å². The van der Waals surface area contributed by atoms with Gasteiger partial charge in [0.2, 0.25) is 17.7 Å². The van der Waals surface area contributed by atoms with E-state index in [2.05, 4.69) is 10.6 Å². The van der Waals surface area contributed by atoms with Gasteiger partial charge in [0.05, 0.1) is 39.6 Å². The molecule has 0 heterocycles. The number of ether oxygens (including phenoxy) is 4. The van der Waals surface area contributed by atoms with Crippen molar-refractivity contribution in [3.05, 3.63) is 0 Å². The van der Waals surface area contributed by atoms with Crippen LogP contribution in [-0.4, -0.2) is 118 Å². The molecule has 0 aromatic carbocycles. The molecule has 0 bridgehead atoms. The van der Waals surface area contributed by atoms with E-state index in [-0.39, 0.29) is 64.1 Å². The van der Waals surface area contributed by atoms with Gasteiger partial charge in [-0.25, -0.2) is 4.79 Å². The minimum atomic E-state index is -1.39. The average molecular weight is 522 g/mol. The maximum absolute atomic E-state index is 11.8. The number of rotatable bonds is 23. The summed E-state index contributed by atoms with van der Waals surface area (Å²) in [5.41, 5.74) is 0. The van der Waals surface area contributed by atoms with Crippen LogP contribution in [0.5, 0.6) is 0 Å². The molecule has 0 aromatic heterocycles. The number of aliphatic carboxylic acids is 2. The summed E-state index contributed by atoms with van der Waals surface area (Å²) in [4.78, 5) is 67.0. The Morgan fingerprint density at radius 2 is 1.22 bits per heavy atom. The van der Waals surface area contributed by atoms with Gasteiger partial charge in [-0.05, 0) is 13.3 Å². The lowest BCUT2D eigenvalue weighted by Gasteiger charge is -2.13. The quantitative estimate of drug-likeness (QED) is 0.0708. The first-order chi connectivity index (χ1) is 17.1. The fourth-order valence-corrected chi connectivity index (χ4v) is 2.40. The molecule has 36 heavy (non-hydrogen) atoms. The normalized spacial score (nSPS) is 11.4. The molecule has 5 N–H and O–H groups in total. The topological polar surface area (TPSA) is 216 Å². The van der Waals surface area contributed by atoms with Crippen molar-refractivity contribution < 1.29 is 57.9 Å². The summed E-state index contributed by atoms with van der Waals surface area (Å²) < 4.78 is 20.6. The van der Waals surface area contributed by atoms with Crippen LogP contribution in [-0.2, 0) is 47.7 Å². The minimum absolute atomic E-state index is 0.0472. The standard InChI is InChI=1S/C21H35N3O12/c1-15(25)13-35-10-8-34-7-5-23-19(28)14-36-11-9-33-6-4-22-17(26)3-2-16(21(31)32)24-18(27)12-20(29)30/h16H,2-14H2,1H3,(H,22,26)(H,23,28)(H,24,27)(H,29,30)(H,31,32)/t16-/m1/s1. The lowest BCUT2D eigenvalue weighted by atomic mass is 10.1. The van der Waals surface area contributed by atoms with Gasteiger partial charge in [-0.15, -0.1) is 0 Å². The fourth-order valence-electron chi connectivity index (χ4n) is 2.40. The number of carboxylic acids is 2. The van der Waals surface area contributed by atoms with Crippen LogP contribution >= 0.6 is 0 Å². The molecule has 15 nitrogen and oxygen atoms in total. The lowest BCUT2D eigenvalue weighted by molar-refractivity contribution is -0.145. The van der Waals surface area contributed by atoms with Crippen LogP contribution in [0.1, 0.15) is 26.2 Å². The second-order valence-electron chi connectivity index (χ2n) is 7.30. The van der Waals surface area contributed by atoms with Crippen molar-refractivity contribution >= 4 is 35.4 Å². The SMILES string of the molecule is CC(=O)COCCOCCNC(=O)COCCOCCNC(=O)CC[C@@H](NC(=O)CC(=O)O)C(=O)O. The number of amides is 3. The van der Waals surface area contributed by atoms with Gasteiger partial charge in [-0.2, -0.15) is 0 Å². The molecule has 0 aromatic rings. The maximum Gasteiger partial charge on any atom is 0.326 e. The summed E-state index contributed by atoms with van der Waals surface area (Å²) in [6, 6.07) is -1.38. The first-order valence-electron chi connectivity index (χ1n) is 11.2. The number of hydrogen-bond acceptors (Lipinski definition) is 10. The summed E-state index contributed by atoms with van der Waals surface area (Å²) >= 11 is 0. The highest BCUT2D eigenvalue weighted by Gasteiger charge is 2.22. The van der Waals surface area contributed by atoms with E-state index in [0.717, 1.165) is 0 Å². The predicted molar refractivity (Wildman–Crippen MR) is 121 cm³/mol. The molecule has 0 spiro atoms. The first-order valence-corrected chi connectivity index (χ1v) is 11.2. The Morgan fingerprint density at radius 3 is 1.75 bits per heavy atom. The van der Waals surface area contributed by atoms with E-state index in [1.54, 1.807) is 0 Å². The monoisotopic (exact) mass is 521 g/mol. The highest BCUT2D eigenvalue weighted by Crippen LogP contribution is 1.99. The van der Waals surface area contributed by atoms with Crippen molar-refractivity contribution in [1.82, 2.24) is 16.0 Å². The number of nitrogens with one attached hydrogen (secondary N) is 3. The molecule has 0 aliphatic heterocycles. The molecule has 0 radical (unpaired) electrons. The molecule has 0 saturated heterocycles. The Labute approximate surface area is 208 Å². The second kappa shape index (κ2) is 21.2. The number of carboxylic acid groups (broad SMARTS) is 2. The van der Waals surface area contributed by atoms with Crippen LogP contribution in [0, 0.1) is 0 Å². The van der Waals surface area contributed by atoms with Gasteiger partial charge in [0.15, 0.2) is 5.78 Å². The van der Waals surface area contributed by atoms with E-state index in [9.17, 15) is 28.8 Å².